The van der Waals surface area contributed by atoms with Crippen LogP contribution >= 0.6 is 0 Å². The van der Waals surface area contributed by atoms with Crippen molar-refractivity contribution in [1.29, 1.82) is 0 Å². The quantitative estimate of drug-likeness (QED) is 0.568. The van der Waals surface area contributed by atoms with Gasteiger partial charge >= 0.3 is 0 Å². The summed E-state index contributed by atoms with van der Waals surface area (Å²) in [6.07, 6.45) is 2.04. The maximum atomic E-state index is 10.9. The van der Waals surface area contributed by atoms with Gasteiger partial charge < -0.3 is 19.4 Å². The second-order valence-corrected chi connectivity index (χ2v) is 6.40. The first-order valence-electron chi connectivity index (χ1n) is 8.38. The number of quaternary nitrogens is 1. The van der Waals surface area contributed by atoms with Crippen molar-refractivity contribution in [3.8, 4) is 17.2 Å². The van der Waals surface area contributed by atoms with Gasteiger partial charge in [-0.2, -0.15) is 0 Å². The van der Waals surface area contributed by atoms with Crippen molar-refractivity contribution >= 4 is 5.69 Å². The highest BCUT2D eigenvalue weighted by Gasteiger charge is 2.28. The summed E-state index contributed by atoms with van der Waals surface area (Å²) in [5, 5.41) is 13.2. The van der Waals surface area contributed by atoms with E-state index in [0.29, 0.717) is 0 Å². The van der Waals surface area contributed by atoms with Gasteiger partial charge in [-0.3, -0.25) is 10.1 Å². The Morgan fingerprint density at radius 2 is 1.88 bits per heavy atom. The van der Waals surface area contributed by atoms with E-state index in [-0.39, 0.29) is 23.4 Å². The average Bonchev–Trinajstić information content (AvgIpc) is 3.28. The van der Waals surface area contributed by atoms with Crippen LogP contribution in [-0.4, -0.2) is 16.3 Å². The van der Waals surface area contributed by atoms with Crippen molar-refractivity contribution in [3.63, 3.8) is 0 Å². The first-order valence-corrected chi connectivity index (χ1v) is 8.38. The van der Waals surface area contributed by atoms with E-state index in [1.165, 1.54) is 0 Å². The standard InChI is InChI=1S/C19H15N3O4/c23-22(24)14-5-3-12(4-6-14)19-15-2-1-7-21(15)16-9-18-17(25-11-26-18)8-13(16)10-20-19/h1-9,19-20H,10-11H2/p+1/t19-/m0/s1. The molecule has 3 aromatic rings. The Morgan fingerprint density at radius 3 is 2.65 bits per heavy atom. The summed E-state index contributed by atoms with van der Waals surface area (Å²) >= 11 is 0. The summed E-state index contributed by atoms with van der Waals surface area (Å²) in [5.41, 5.74) is 4.50. The third-order valence-electron chi connectivity index (χ3n) is 4.97. The van der Waals surface area contributed by atoms with E-state index < -0.39 is 0 Å². The zero-order chi connectivity index (χ0) is 17.7. The monoisotopic (exact) mass is 350 g/mol. The van der Waals surface area contributed by atoms with Gasteiger partial charge in [-0.25, -0.2) is 0 Å². The molecule has 7 heteroatoms. The number of non-ortho nitro benzene ring substituents is 1. The number of nitrogens with zero attached hydrogens (tertiary/aromatic N) is 2. The third-order valence-corrected chi connectivity index (χ3v) is 4.97. The molecule has 0 amide bonds. The normalized spacial score (nSPS) is 17.3. The van der Waals surface area contributed by atoms with Crippen LogP contribution in [0.3, 0.4) is 0 Å². The molecule has 0 spiro atoms. The van der Waals surface area contributed by atoms with Gasteiger partial charge in [0.15, 0.2) is 17.5 Å². The molecule has 0 aliphatic carbocycles. The van der Waals surface area contributed by atoms with Crippen LogP contribution in [0.4, 0.5) is 5.69 Å². The van der Waals surface area contributed by atoms with Gasteiger partial charge in [0.2, 0.25) is 6.79 Å². The lowest BCUT2D eigenvalue weighted by atomic mass is 10.0. The molecule has 26 heavy (non-hydrogen) atoms. The van der Waals surface area contributed by atoms with Crippen molar-refractivity contribution in [2.24, 2.45) is 0 Å². The van der Waals surface area contributed by atoms with E-state index in [4.69, 9.17) is 9.47 Å². The van der Waals surface area contributed by atoms with Crippen LogP contribution in [-0.2, 0) is 6.54 Å². The largest absolute Gasteiger partial charge is 0.454 e. The second-order valence-electron chi connectivity index (χ2n) is 6.40. The van der Waals surface area contributed by atoms with Crippen LogP contribution in [0, 0.1) is 10.1 Å². The molecule has 0 saturated heterocycles. The lowest BCUT2D eigenvalue weighted by Crippen LogP contribution is -2.83. The fourth-order valence-corrected chi connectivity index (χ4v) is 3.70. The van der Waals surface area contributed by atoms with E-state index in [2.05, 4.69) is 16.0 Å². The van der Waals surface area contributed by atoms with Gasteiger partial charge in [-0.05, 0) is 30.3 Å². The third kappa shape index (κ3) is 2.25. The van der Waals surface area contributed by atoms with E-state index in [1.807, 2.05) is 36.5 Å². The maximum Gasteiger partial charge on any atom is 0.269 e. The first kappa shape index (κ1) is 15.0. The Hall–Kier alpha value is -3.32. The molecular weight excluding hydrogens is 334 g/mol. The number of nitro groups is 1. The number of fused-ring (bicyclic) bond motifs is 4. The van der Waals surface area contributed by atoms with Crippen LogP contribution in [0.25, 0.3) is 5.69 Å². The molecule has 0 unspecified atom stereocenters. The lowest BCUT2D eigenvalue weighted by Gasteiger charge is -2.14. The number of aromatic nitrogens is 1. The zero-order valence-electron chi connectivity index (χ0n) is 13.8. The summed E-state index contributed by atoms with van der Waals surface area (Å²) in [6, 6.07) is 15.0. The molecule has 0 bridgehead atoms. The molecule has 3 heterocycles. The number of ether oxygens (including phenoxy) is 2. The summed E-state index contributed by atoms with van der Waals surface area (Å²) in [4.78, 5) is 10.5. The van der Waals surface area contributed by atoms with Crippen LogP contribution < -0.4 is 14.8 Å². The number of nitro benzene ring substituents is 1. The summed E-state index contributed by atoms with van der Waals surface area (Å²) in [6.45, 7) is 1.03. The minimum Gasteiger partial charge on any atom is -0.454 e. The molecule has 2 aliphatic heterocycles. The van der Waals surface area contributed by atoms with Crippen LogP contribution in [0.2, 0.25) is 0 Å². The van der Waals surface area contributed by atoms with Gasteiger partial charge in [0.25, 0.3) is 5.69 Å². The van der Waals surface area contributed by atoms with Gasteiger partial charge in [0.1, 0.15) is 6.54 Å². The van der Waals surface area contributed by atoms with E-state index in [9.17, 15) is 10.1 Å². The maximum absolute atomic E-state index is 10.9. The predicted molar refractivity (Wildman–Crippen MR) is 92.5 cm³/mol. The van der Waals surface area contributed by atoms with Crippen molar-refractivity contribution in [3.05, 3.63) is 81.7 Å². The molecular formula is C19H16N3O4+. The smallest absolute Gasteiger partial charge is 0.269 e. The molecule has 1 atom stereocenters. The SMILES string of the molecule is O=[N+]([O-])c1ccc([C@@H]2[NH2+]Cc3cc4c(cc3-n3cccc32)OCO4)cc1. The van der Waals surface area contributed by atoms with E-state index >= 15 is 0 Å². The van der Waals surface area contributed by atoms with Gasteiger partial charge in [0.05, 0.1) is 16.3 Å². The van der Waals surface area contributed by atoms with E-state index in [0.717, 1.165) is 40.6 Å². The predicted octanol–water partition coefficient (Wildman–Crippen LogP) is 2.28. The van der Waals surface area contributed by atoms with Crippen molar-refractivity contribution in [1.82, 2.24) is 4.57 Å². The highest BCUT2D eigenvalue weighted by atomic mass is 16.7. The molecule has 2 aliphatic rings. The van der Waals surface area contributed by atoms with E-state index in [1.54, 1.807) is 12.1 Å². The van der Waals surface area contributed by atoms with Crippen LogP contribution in [0.5, 0.6) is 11.5 Å². The topological polar surface area (TPSA) is 83.1 Å². The number of nitrogens with two attached hydrogens (primary N) is 1. The summed E-state index contributed by atoms with van der Waals surface area (Å²) in [7, 11) is 0. The molecule has 2 N–H and O–H groups in total. The number of rotatable bonds is 2. The Morgan fingerprint density at radius 1 is 1.12 bits per heavy atom. The molecule has 0 radical (unpaired) electrons. The molecule has 5 rings (SSSR count). The van der Waals surface area contributed by atoms with Crippen molar-refractivity contribution < 1.29 is 19.7 Å². The summed E-state index contributed by atoms with van der Waals surface area (Å²) < 4.78 is 13.2. The number of benzene rings is 2. The first-order chi connectivity index (χ1) is 12.7. The van der Waals surface area contributed by atoms with Crippen molar-refractivity contribution in [2.75, 3.05) is 6.79 Å². The molecule has 7 nitrogen and oxygen atoms in total. The van der Waals surface area contributed by atoms with Crippen LogP contribution in [0.1, 0.15) is 22.9 Å². The summed E-state index contributed by atoms with van der Waals surface area (Å²) in [5.74, 6) is 1.54. The number of hydrogen-bond acceptors (Lipinski definition) is 4. The highest BCUT2D eigenvalue weighted by Crippen LogP contribution is 2.38. The Kier molecular flexibility index (Phi) is 3.23. The van der Waals surface area contributed by atoms with Gasteiger partial charge in [0, 0.05) is 35.5 Å². The average molecular weight is 350 g/mol. The molecule has 0 saturated carbocycles. The second kappa shape index (κ2) is 5.60. The fourth-order valence-electron chi connectivity index (χ4n) is 3.70. The molecule has 1 aromatic heterocycles. The molecule has 130 valence electrons. The van der Waals surface area contributed by atoms with Crippen LogP contribution in [0.15, 0.2) is 54.7 Å². The Bertz CT molecular complexity index is 1010. The Labute approximate surface area is 148 Å². The van der Waals surface area contributed by atoms with Crippen molar-refractivity contribution in [2.45, 2.75) is 12.6 Å². The minimum absolute atomic E-state index is 0.0508. The molecule has 0 fully saturated rings. The zero-order valence-corrected chi connectivity index (χ0v) is 13.8. The lowest BCUT2D eigenvalue weighted by molar-refractivity contribution is -0.702. The fraction of sp³-hybridized carbons (Fsp3) is 0.158. The highest BCUT2D eigenvalue weighted by molar-refractivity contribution is 5.56. The minimum atomic E-state index is -0.374. The Balaban J connectivity index is 1.59. The number of hydrogen-bond donors (Lipinski definition) is 1. The van der Waals surface area contributed by atoms with Gasteiger partial charge in [-0.1, -0.05) is 0 Å². The molecule has 2 aromatic carbocycles. The van der Waals surface area contributed by atoms with Gasteiger partial charge in [-0.15, -0.1) is 0 Å².